The summed E-state index contributed by atoms with van der Waals surface area (Å²) in [4.78, 5) is 3.06. The quantitative estimate of drug-likeness (QED) is 0.794. The fourth-order valence-corrected chi connectivity index (χ4v) is 2.10. The van der Waals surface area contributed by atoms with Crippen molar-refractivity contribution in [2.24, 2.45) is 0 Å². The predicted molar refractivity (Wildman–Crippen MR) is 67.8 cm³/mol. The van der Waals surface area contributed by atoms with Gasteiger partial charge in [0, 0.05) is 5.69 Å². The minimum Gasteiger partial charge on any atom is -0.411 e. The second-order valence-corrected chi connectivity index (χ2v) is 10.6. The average molecular weight is 246 g/mol. The zero-order valence-electron chi connectivity index (χ0n) is 10.1. The Hall–Kier alpha value is -0.253. The zero-order valence-corrected chi connectivity index (χ0v) is 11.9. The van der Waals surface area contributed by atoms with Crippen LogP contribution in [0.15, 0.2) is 12.1 Å². The highest BCUT2D eigenvalue weighted by Gasteiger charge is 2.37. The van der Waals surface area contributed by atoms with Gasteiger partial charge in [-0.05, 0) is 30.3 Å². The highest BCUT2D eigenvalue weighted by atomic mass is 35.5. The highest BCUT2D eigenvalue weighted by molar-refractivity contribution is 6.74. The first-order chi connectivity index (χ1) is 6.72. The normalized spacial score (nSPS) is 13.2. The molecule has 1 heterocycles. The molecule has 0 radical (unpaired) electrons. The number of nitrogens with one attached hydrogen (secondary N) is 1. The first kappa shape index (κ1) is 12.8. The fraction of sp³-hybridized carbons (Fsp3) is 0.636. The third kappa shape index (κ3) is 3.36. The molecule has 1 rings (SSSR count). The molecule has 1 aromatic rings. The van der Waals surface area contributed by atoms with Crippen molar-refractivity contribution < 1.29 is 4.43 Å². The van der Waals surface area contributed by atoms with Crippen LogP contribution in [0.4, 0.5) is 0 Å². The monoisotopic (exact) mass is 245 g/mol. The van der Waals surface area contributed by atoms with Gasteiger partial charge < -0.3 is 9.41 Å². The fourth-order valence-electron chi connectivity index (χ4n) is 0.969. The molecule has 0 fully saturated rings. The van der Waals surface area contributed by atoms with E-state index in [1.54, 1.807) is 0 Å². The maximum absolute atomic E-state index is 6.04. The molecule has 86 valence electrons. The molecule has 2 nitrogen and oxygen atoms in total. The molecule has 4 heteroatoms. The summed E-state index contributed by atoms with van der Waals surface area (Å²) in [6, 6.07) is 3.82. The van der Waals surface area contributed by atoms with Gasteiger partial charge in [-0.25, -0.2) is 0 Å². The molecule has 0 saturated carbocycles. The van der Waals surface area contributed by atoms with Crippen LogP contribution in [0.2, 0.25) is 23.3 Å². The van der Waals surface area contributed by atoms with E-state index in [4.69, 9.17) is 16.0 Å². The SMILES string of the molecule is CC(C)(C)[Si](C)(C)OCc1ccc(Cl)[nH]1. The molecule has 0 aliphatic rings. The summed E-state index contributed by atoms with van der Waals surface area (Å²) in [5.74, 6) is 0. The summed E-state index contributed by atoms with van der Waals surface area (Å²) in [5, 5.41) is 0.924. The summed E-state index contributed by atoms with van der Waals surface area (Å²) in [6.07, 6.45) is 0. The molecule has 0 bridgehead atoms. The minimum absolute atomic E-state index is 0.253. The van der Waals surface area contributed by atoms with Crippen LogP contribution >= 0.6 is 11.6 Å². The Balaban J connectivity index is 2.57. The Labute approximate surface area is 98.1 Å². The van der Waals surface area contributed by atoms with Crippen molar-refractivity contribution in [2.75, 3.05) is 0 Å². The van der Waals surface area contributed by atoms with Gasteiger partial charge in [0.1, 0.15) is 5.15 Å². The predicted octanol–water partition coefficient (Wildman–Crippen LogP) is 4.19. The van der Waals surface area contributed by atoms with Crippen molar-refractivity contribution in [2.45, 2.75) is 45.5 Å². The van der Waals surface area contributed by atoms with E-state index in [-0.39, 0.29) is 5.04 Å². The number of rotatable bonds is 3. The van der Waals surface area contributed by atoms with E-state index >= 15 is 0 Å². The molecule has 0 saturated heterocycles. The van der Waals surface area contributed by atoms with Crippen molar-refractivity contribution in [3.8, 4) is 0 Å². The molecular formula is C11H20ClNOSi. The van der Waals surface area contributed by atoms with Crippen LogP contribution < -0.4 is 0 Å². The van der Waals surface area contributed by atoms with Gasteiger partial charge in [-0.1, -0.05) is 32.4 Å². The van der Waals surface area contributed by atoms with Gasteiger partial charge in [-0.3, -0.25) is 0 Å². The third-order valence-electron chi connectivity index (χ3n) is 3.11. The van der Waals surface area contributed by atoms with Crippen molar-refractivity contribution in [3.05, 3.63) is 23.0 Å². The van der Waals surface area contributed by atoms with Crippen LogP contribution in [-0.2, 0) is 11.0 Å². The lowest BCUT2D eigenvalue weighted by atomic mass is 10.2. The molecule has 0 aliphatic heterocycles. The van der Waals surface area contributed by atoms with E-state index in [1.165, 1.54) is 0 Å². The van der Waals surface area contributed by atoms with Crippen molar-refractivity contribution in [1.82, 2.24) is 4.98 Å². The Morgan fingerprint density at radius 3 is 2.33 bits per heavy atom. The molecule has 15 heavy (non-hydrogen) atoms. The second kappa shape index (κ2) is 4.32. The van der Waals surface area contributed by atoms with Gasteiger partial charge in [0.05, 0.1) is 6.61 Å². The van der Waals surface area contributed by atoms with E-state index in [0.717, 1.165) is 5.69 Å². The maximum atomic E-state index is 6.04. The molecule has 0 unspecified atom stereocenters. The first-order valence-electron chi connectivity index (χ1n) is 5.20. The van der Waals surface area contributed by atoms with Crippen LogP contribution in [-0.4, -0.2) is 13.3 Å². The van der Waals surface area contributed by atoms with Crippen molar-refractivity contribution in [3.63, 3.8) is 0 Å². The van der Waals surface area contributed by atoms with Gasteiger partial charge >= 0.3 is 0 Å². The molecular weight excluding hydrogens is 226 g/mol. The molecule has 0 aliphatic carbocycles. The Kier molecular flexibility index (Phi) is 3.69. The van der Waals surface area contributed by atoms with E-state index in [2.05, 4.69) is 38.8 Å². The third-order valence-corrected chi connectivity index (χ3v) is 7.80. The Bertz CT molecular complexity index is 328. The Morgan fingerprint density at radius 1 is 1.33 bits per heavy atom. The molecule has 1 aromatic heterocycles. The van der Waals surface area contributed by atoms with Crippen LogP contribution in [0.3, 0.4) is 0 Å². The largest absolute Gasteiger partial charge is 0.411 e. The van der Waals surface area contributed by atoms with E-state index in [1.807, 2.05) is 12.1 Å². The number of hydrogen-bond acceptors (Lipinski definition) is 1. The van der Waals surface area contributed by atoms with Gasteiger partial charge in [-0.15, -0.1) is 0 Å². The van der Waals surface area contributed by atoms with Crippen LogP contribution in [0.1, 0.15) is 26.5 Å². The van der Waals surface area contributed by atoms with Crippen LogP contribution in [0, 0.1) is 0 Å². The zero-order chi connectivity index (χ0) is 11.7. The number of H-pyrrole nitrogens is 1. The standard InChI is InChI=1S/C11H20ClNOSi/c1-11(2,3)15(4,5)14-8-9-6-7-10(12)13-9/h6-7,13H,8H2,1-5H3. The maximum Gasteiger partial charge on any atom is 0.192 e. The second-order valence-electron chi connectivity index (χ2n) is 5.38. The van der Waals surface area contributed by atoms with Crippen LogP contribution in [0.25, 0.3) is 0 Å². The molecule has 0 aromatic carbocycles. The lowest BCUT2D eigenvalue weighted by Crippen LogP contribution is -2.40. The lowest BCUT2D eigenvalue weighted by molar-refractivity contribution is 0.272. The van der Waals surface area contributed by atoms with Gasteiger partial charge in [0.25, 0.3) is 0 Å². The summed E-state index contributed by atoms with van der Waals surface area (Å²) in [7, 11) is -1.64. The molecule has 0 spiro atoms. The van der Waals surface area contributed by atoms with E-state index < -0.39 is 8.32 Å². The summed E-state index contributed by atoms with van der Waals surface area (Å²) >= 11 is 5.80. The van der Waals surface area contributed by atoms with Crippen molar-refractivity contribution in [1.29, 1.82) is 0 Å². The topological polar surface area (TPSA) is 25.0 Å². The van der Waals surface area contributed by atoms with Crippen LogP contribution in [0.5, 0.6) is 0 Å². The molecule has 1 N–H and O–H groups in total. The smallest absolute Gasteiger partial charge is 0.192 e. The van der Waals surface area contributed by atoms with Gasteiger partial charge in [0.15, 0.2) is 8.32 Å². The number of halogens is 1. The number of aromatic nitrogens is 1. The summed E-state index contributed by atoms with van der Waals surface area (Å²) < 4.78 is 6.04. The summed E-state index contributed by atoms with van der Waals surface area (Å²) in [5.41, 5.74) is 1.05. The molecule has 0 amide bonds. The van der Waals surface area contributed by atoms with E-state index in [9.17, 15) is 0 Å². The first-order valence-corrected chi connectivity index (χ1v) is 8.48. The average Bonchev–Trinajstić information content (AvgIpc) is 2.46. The lowest BCUT2D eigenvalue weighted by Gasteiger charge is -2.36. The highest BCUT2D eigenvalue weighted by Crippen LogP contribution is 2.36. The summed E-state index contributed by atoms with van der Waals surface area (Å²) in [6.45, 7) is 11.8. The van der Waals surface area contributed by atoms with Gasteiger partial charge in [0.2, 0.25) is 0 Å². The van der Waals surface area contributed by atoms with E-state index in [0.29, 0.717) is 11.8 Å². The van der Waals surface area contributed by atoms with Crippen molar-refractivity contribution >= 4 is 19.9 Å². The Morgan fingerprint density at radius 2 is 1.93 bits per heavy atom. The molecule has 0 atom stereocenters. The number of aromatic amines is 1. The minimum atomic E-state index is -1.64. The van der Waals surface area contributed by atoms with Gasteiger partial charge in [-0.2, -0.15) is 0 Å². The number of hydrogen-bond donors (Lipinski definition) is 1.